The zero-order valence-electron chi connectivity index (χ0n) is 12.6. The van der Waals surface area contributed by atoms with E-state index < -0.39 is 0 Å². The molecule has 0 saturated heterocycles. The quantitative estimate of drug-likeness (QED) is 0.260. The van der Waals surface area contributed by atoms with Gasteiger partial charge < -0.3 is 29.5 Å². The number of fused-ring (bicyclic) bond motifs is 2. The fourth-order valence-electron chi connectivity index (χ4n) is 3.00. The molecule has 2 nitrogen and oxygen atoms in total. The van der Waals surface area contributed by atoms with Crippen molar-refractivity contribution in [2.45, 2.75) is 6.54 Å². The van der Waals surface area contributed by atoms with Gasteiger partial charge >= 0.3 is 0 Å². The Balaban J connectivity index is 0.000000960. The number of halogens is 1. The molecule has 0 amide bonds. The van der Waals surface area contributed by atoms with Crippen LogP contribution in [0.1, 0.15) is 5.56 Å². The van der Waals surface area contributed by atoms with Crippen molar-refractivity contribution < 1.29 is 34.0 Å². The van der Waals surface area contributed by atoms with Crippen LogP contribution in [0.15, 0.2) is 85.2 Å². The van der Waals surface area contributed by atoms with Crippen molar-refractivity contribution in [2.75, 3.05) is 0 Å². The highest BCUT2D eigenvalue weighted by Gasteiger charge is 2.11. The van der Waals surface area contributed by atoms with Crippen LogP contribution < -0.4 is 28.5 Å². The molecule has 3 heteroatoms. The van der Waals surface area contributed by atoms with Gasteiger partial charge in [0.1, 0.15) is 0 Å². The molecule has 4 rings (SSSR count). The first-order chi connectivity index (χ1) is 10.4. The normalized spacial score (nSPS) is 10.1. The van der Waals surface area contributed by atoms with Gasteiger partial charge in [0.15, 0.2) is 18.9 Å². The second-order valence-electron chi connectivity index (χ2n) is 5.35. The molecule has 4 aromatic rings. The lowest BCUT2D eigenvalue weighted by Crippen LogP contribution is -3.00. The van der Waals surface area contributed by atoms with E-state index in [-0.39, 0.29) is 29.5 Å². The molecule has 1 heterocycles. The number of pyridine rings is 1. The molecule has 0 atom stereocenters. The molecule has 23 heavy (non-hydrogen) atoms. The van der Waals surface area contributed by atoms with Gasteiger partial charge in [0.2, 0.25) is 0 Å². The molecule has 0 bridgehead atoms. The molecule has 0 aliphatic carbocycles. The standard InChI is InChI=1S/C20H16N.HI.H2O/c1-6-12-21(13-7-1)15-20-18-10-4-2-8-16(18)14-17-9-3-5-11-19(17)20;;/h1-14H,15H2;1H;1H2/q+1;;/p-1. The SMILES string of the molecule is O.[I-].c1cc[n+](Cc2c3ccccc3cc3ccccc23)cc1. The minimum absolute atomic E-state index is 0. The molecule has 2 N–H and O–H groups in total. The topological polar surface area (TPSA) is 35.4 Å². The van der Waals surface area contributed by atoms with Crippen molar-refractivity contribution in [3.8, 4) is 0 Å². The van der Waals surface area contributed by atoms with E-state index >= 15 is 0 Å². The Hall–Kier alpha value is -1.98. The first-order valence-electron chi connectivity index (χ1n) is 7.25. The van der Waals surface area contributed by atoms with Gasteiger partial charge in [-0.1, -0.05) is 54.6 Å². The van der Waals surface area contributed by atoms with E-state index in [4.69, 9.17) is 0 Å². The van der Waals surface area contributed by atoms with Gasteiger partial charge in [-0.2, -0.15) is 0 Å². The van der Waals surface area contributed by atoms with Gasteiger partial charge in [-0.15, -0.1) is 0 Å². The van der Waals surface area contributed by atoms with Gasteiger partial charge in [0.25, 0.3) is 0 Å². The van der Waals surface area contributed by atoms with E-state index in [9.17, 15) is 0 Å². The highest BCUT2D eigenvalue weighted by molar-refractivity contribution is 6.02. The van der Waals surface area contributed by atoms with Crippen LogP contribution in [-0.2, 0) is 6.54 Å². The van der Waals surface area contributed by atoms with Crippen LogP contribution in [-0.4, -0.2) is 5.48 Å². The Kier molecular flexibility index (Phi) is 5.69. The number of hydrogen-bond donors (Lipinski definition) is 0. The Morgan fingerprint density at radius 2 is 1.17 bits per heavy atom. The van der Waals surface area contributed by atoms with Crippen LogP contribution in [0.5, 0.6) is 0 Å². The van der Waals surface area contributed by atoms with E-state index in [1.807, 2.05) is 0 Å². The zero-order valence-corrected chi connectivity index (χ0v) is 14.8. The number of rotatable bonds is 2. The van der Waals surface area contributed by atoms with E-state index in [1.165, 1.54) is 27.1 Å². The summed E-state index contributed by atoms with van der Waals surface area (Å²) in [6.45, 7) is 0.892. The molecule has 1 aromatic heterocycles. The fourth-order valence-corrected chi connectivity index (χ4v) is 3.00. The molecule has 0 aliphatic heterocycles. The van der Waals surface area contributed by atoms with Gasteiger partial charge in [0, 0.05) is 17.7 Å². The number of nitrogens with zero attached hydrogens (tertiary/aromatic N) is 1. The summed E-state index contributed by atoms with van der Waals surface area (Å²) >= 11 is 0. The Morgan fingerprint density at radius 3 is 1.74 bits per heavy atom. The summed E-state index contributed by atoms with van der Waals surface area (Å²) < 4.78 is 2.23. The van der Waals surface area contributed by atoms with Gasteiger partial charge in [-0.05, 0) is 27.6 Å². The molecule has 0 radical (unpaired) electrons. The molecule has 0 fully saturated rings. The number of hydrogen-bond acceptors (Lipinski definition) is 0. The van der Waals surface area contributed by atoms with Gasteiger partial charge in [-0.3, -0.25) is 0 Å². The lowest BCUT2D eigenvalue weighted by molar-refractivity contribution is -0.688. The third-order valence-corrected chi connectivity index (χ3v) is 4.00. The molecular formula is C20H18INO. The monoisotopic (exact) mass is 415 g/mol. The number of aromatic nitrogens is 1. The largest absolute Gasteiger partial charge is 1.00 e. The molecule has 116 valence electrons. The maximum atomic E-state index is 2.28. The van der Waals surface area contributed by atoms with Crippen LogP contribution in [0.4, 0.5) is 0 Å². The minimum Gasteiger partial charge on any atom is -1.00 e. The maximum Gasteiger partial charge on any atom is 0.175 e. The summed E-state index contributed by atoms with van der Waals surface area (Å²) in [5.41, 5.74) is 1.39. The molecule has 0 spiro atoms. The van der Waals surface area contributed by atoms with E-state index in [0.29, 0.717) is 0 Å². The van der Waals surface area contributed by atoms with Crippen molar-refractivity contribution in [1.82, 2.24) is 0 Å². The summed E-state index contributed by atoms with van der Waals surface area (Å²) in [4.78, 5) is 0. The minimum atomic E-state index is 0. The molecule has 0 aliphatic rings. The first-order valence-corrected chi connectivity index (χ1v) is 7.25. The third-order valence-electron chi connectivity index (χ3n) is 4.00. The second kappa shape index (κ2) is 7.53. The molecule has 0 saturated carbocycles. The smallest absolute Gasteiger partial charge is 0.175 e. The number of benzene rings is 3. The first kappa shape index (κ1) is 17.4. The summed E-state index contributed by atoms with van der Waals surface area (Å²) in [6.07, 6.45) is 4.24. The summed E-state index contributed by atoms with van der Waals surface area (Å²) in [6, 6.07) is 25.8. The Labute approximate surface area is 152 Å². The summed E-state index contributed by atoms with van der Waals surface area (Å²) in [7, 11) is 0. The Bertz CT molecular complexity index is 868. The van der Waals surface area contributed by atoms with Crippen molar-refractivity contribution in [3.05, 3.63) is 90.8 Å². The van der Waals surface area contributed by atoms with Crippen LogP contribution in [0.25, 0.3) is 21.5 Å². The highest BCUT2D eigenvalue weighted by atomic mass is 127. The van der Waals surface area contributed by atoms with Crippen molar-refractivity contribution in [2.24, 2.45) is 0 Å². The van der Waals surface area contributed by atoms with E-state index in [1.54, 1.807) is 0 Å². The van der Waals surface area contributed by atoms with E-state index in [2.05, 4.69) is 89.8 Å². The summed E-state index contributed by atoms with van der Waals surface area (Å²) in [5, 5.41) is 5.30. The lowest BCUT2D eigenvalue weighted by atomic mass is 9.96. The van der Waals surface area contributed by atoms with Crippen LogP contribution in [0.2, 0.25) is 0 Å². The average Bonchev–Trinajstić information content (AvgIpc) is 2.55. The predicted molar refractivity (Wildman–Crippen MR) is 90.8 cm³/mol. The van der Waals surface area contributed by atoms with Crippen molar-refractivity contribution >= 4 is 21.5 Å². The predicted octanol–water partition coefficient (Wildman–Crippen LogP) is 0.508. The average molecular weight is 415 g/mol. The second-order valence-corrected chi connectivity index (χ2v) is 5.35. The van der Waals surface area contributed by atoms with E-state index in [0.717, 1.165) is 6.54 Å². The van der Waals surface area contributed by atoms with Crippen molar-refractivity contribution in [3.63, 3.8) is 0 Å². The zero-order chi connectivity index (χ0) is 14.1. The summed E-state index contributed by atoms with van der Waals surface area (Å²) in [5.74, 6) is 0. The fraction of sp³-hybridized carbons (Fsp3) is 0.0500. The van der Waals surface area contributed by atoms with Crippen LogP contribution in [0.3, 0.4) is 0 Å². The van der Waals surface area contributed by atoms with Gasteiger partial charge in [-0.25, -0.2) is 4.57 Å². The highest BCUT2D eigenvalue weighted by Crippen LogP contribution is 2.28. The van der Waals surface area contributed by atoms with Gasteiger partial charge in [0.05, 0.1) is 0 Å². The van der Waals surface area contributed by atoms with Crippen LogP contribution >= 0.6 is 0 Å². The third kappa shape index (κ3) is 3.35. The van der Waals surface area contributed by atoms with Crippen molar-refractivity contribution in [1.29, 1.82) is 0 Å². The maximum absolute atomic E-state index is 2.28. The molecular weight excluding hydrogens is 397 g/mol. The molecule has 3 aromatic carbocycles. The lowest BCUT2D eigenvalue weighted by Gasteiger charge is -2.09. The molecule has 0 unspecified atom stereocenters. The Morgan fingerprint density at radius 1 is 0.652 bits per heavy atom. The van der Waals surface area contributed by atoms with Crippen LogP contribution in [0, 0.1) is 0 Å².